The van der Waals surface area contributed by atoms with Gasteiger partial charge in [-0.3, -0.25) is 9.78 Å². The Morgan fingerprint density at radius 1 is 1.18 bits per heavy atom. The number of pyridine rings is 2. The molecule has 5 rings (SSSR count). The lowest BCUT2D eigenvalue weighted by Crippen LogP contribution is -2.40. The number of nitrogens with zero attached hydrogens (tertiary/aromatic N) is 7. The van der Waals surface area contributed by atoms with E-state index in [0.29, 0.717) is 29.5 Å². The van der Waals surface area contributed by atoms with Crippen molar-refractivity contribution in [2.45, 2.75) is 19.5 Å². The lowest BCUT2D eigenvalue weighted by molar-refractivity contribution is 0.0677. The molecule has 4 aromatic heterocycles. The van der Waals surface area contributed by atoms with Gasteiger partial charge < -0.3 is 13.9 Å². The number of fused-ring (bicyclic) bond motifs is 2. The molecule has 0 unspecified atom stereocenters. The fourth-order valence-corrected chi connectivity index (χ4v) is 3.75. The van der Waals surface area contributed by atoms with E-state index in [1.807, 2.05) is 25.1 Å². The van der Waals surface area contributed by atoms with Crippen molar-refractivity contribution in [3.63, 3.8) is 0 Å². The summed E-state index contributed by atoms with van der Waals surface area (Å²) in [4.78, 5) is 23.6. The number of hydrogen-bond acceptors (Lipinski definition) is 5. The molecule has 0 aliphatic carbocycles. The highest BCUT2D eigenvalue weighted by atomic mass is 35.5. The SMILES string of the molecule is C[C@H]1CN(C(=O)c2cn3cc(Cl)ccc3n2)Cc2nnc(-c3ccccn3)n21. The van der Waals surface area contributed by atoms with Gasteiger partial charge in [0.1, 0.15) is 17.0 Å². The molecular weight excluding hydrogens is 378 g/mol. The summed E-state index contributed by atoms with van der Waals surface area (Å²) in [5.74, 6) is 1.32. The first kappa shape index (κ1) is 16.9. The largest absolute Gasteiger partial charge is 0.328 e. The van der Waals surface area contributed by atoms with E-state index >= 15 is 0 Å². The van der Waals surface area contributed by atoms with Crippen LogP contribution in [0, 0.1) is 0 Å². The molecule has 28 heavy (non-hydrogen) atoms. The van der Waals surface area contributed by atoms with E-state index in [1.54, 1.807) is 40.0 Å². The molecule has 140 valence electrons. The third-order valence-electron chi connectivity index (χ3n) is 4.84. The molecule has 4 aromatic rings. The van der Waals surface area contributed by atoms with Crippen molar-refractivity contribution in [3.8, 4) is 11.5 Å². The number of imidazole rings is 1. The molecule has 0 spiro atoms. The van der Waals surface area contributed by atoms with Crippen molar-refractivity contribution >= 4 is 23.2 Å². The second-order valence-corrected chi connectivity index (χ2v) is 7.23. The molecule has 1 aliphatic rings. The molecule has 0 saturated carbocycles. The molecule has 1 aliphatic heterocycles. The minimum absolute atomic E-state index is 0.0196. The number of hydrogen-bond donors (Lipinski definition) is 0. The number of carbonyl (C=O) groups is 1. The minimum Gasteiger partial charge on any atom is -0.328 e. The van der Waals surface area contributed by atoms with Gasteiger partial charge in [-0.1, -0.05) is 17.7 Å². The zero-order chi connectivity index (χ0) is 19.3. The highest BCUT2D eigenvalue weighted by molar-refractivity contribution is 6.30. The minimum atomic E-state index is -0.139. The van der Waals surface area contributed by atoms with Crippen LogP contribution in [0.5, 0.6) is 0 Å². The molecule has 1 atom stereocenters. The topological polar surface area (TPSA) is 81.2 Å². The summed E-state index contributed by atoms with van der Waals surface area (Å²) in [5.41, 5.74) is 1.83. The fourth-order valence-electron chi connectivity index (χ4n) is 3.58. The first-order valence-corrected chi connectivity index (χ1v) is 9.26. The standard InChI is InChI=1S/C19H16ClN7O/c1-12-8-26(19(28)15-10-25-9-13(20)5-6-16(25)22-15)11-17-23-24-18(27(12)17)14-4-2-3-7-21-14/h2-7,9-10,12H,8,11H2,1H3/t12-/m0/s1. The van der Waals surface area contributed by atoms with E-state index in [0.717, 1.165) is 17.3 Å². The average molecular weight is 394 g/mol. The first-order valence-electron chi connectivity index (χ1n) is 8.89. The summed E-state index contributed by atoms with van der Waals surface area (Å²) in [5, 5.41) is 9.20. The van der Waals surface area contributed by atoms with Crippen LogP contribution in [0.4, 0.5) is 0 Å². The zero-order valence-corrected chi connectivity index (χ0v) is 15.8. The van der Waals surface area contributed by atoms with E-state index in [4.69, 9.17) is 11.6 Å². The monoisotopic (exact) mass is 393 g/mol. The first-order chi connectivity index (χ1) is 13.6. The van der Waals surface area contributed by atoms with Gasteiger partial charge in [-0.25, -0.2) is 4.98 Å². The molecule has 1 amide bonds. The van der Waals surface area contributed by atoms with Gasteiger partial charge >= 0.3 is 0 Å². The third kappa shape index (κ3) is 2.73. The van der Waals surface area contributed by atoms with Crippen LogP contribution in [0.25, 0.3) is 17.2 Å². The summed E-state index contributed by atoms with van der Waals surface area (Å²) < 4.78 is 3.81. The van der Waals surface area contributed by atoms with Crippen molar-refractivity contribution in [2.24, 2.45) is 0 Å². The summed E-state index contributed by atoms with van der Waals surface area (Å²) >= 11 is 6.02. The zero-order valence-electron chi connectivity index (χ0n) is 15.0. The molecule has 0 saturated heterocycles. The number of amides is 1. The summed E-state index contributed by atoms with van der Waals surface area (Å²) in [6.45, 7) is 2.96. The number of aromatic nitrogens is 6. The van der Waals surface area contributed by atoms with Crippen LogP contribution in [0.1, 0.15) is 29.3 Å². The van der Waals surface area contributed by atoms with Gasteiger partial charge in [-0.15, -0.1) is 10.2 Å². The van der Waals surface area contributed by atoms with Gasteiger partial charge in [0.05, 0.1) is 17.6 Å². The van der Waals surface area contributed by atoms with Gasteiger partial charge in [0.25, 0.3) is 5.91 Å². The van der Waals surface area contributed by atoms with E-state index in [1.165, 1.54) is 0 Å². The van der Waals surface area contributed by atoms with E-state index < -0.39 is 0 Å². The van der Waals surface area contributed by atoms with Crippen molar-refractivity contribution in [1.82, 2.24) is 34.0 Å². The smallest absolute Gasteiger partial charge is 0.274 e. The predicted octanol–water partition coefficient (Wildman–Crippen LogP) is 2.86. The number of carbonyl (C=O) groups excluding carboxylic acids is 1. The Morgan fingerprint density at radius 2 is 2.07 bits per heavy atom. The van der Waals surface area contributed by atoms with E-state index in [2.05, 4.69) is 24.7 Å². The molecule has 0 N–H and O–H groups in total. The predicted molar refractivity (Wildman–Crippen MR) is 103 cm³/mol. The normalized spacial score (nSPS) is 16.4. The maximum atomic E-state index is 13.0. The Balaban J connectivity index is 1.46. The Kier molecular flexibility index (Phi) is 3.87. The van der Waals surface area contributed by atoms with Gasteiger partial charge in [0.15, 0.2) is 11.6 Å². The van der Waals surface area contributed by atoms with Gasteiger partial charge in [0.2, 0.25) is 0 Å². The van der Waals surface area contributed by atoms with Crippen molar-refractivity contribution < 1.29 is 4.79 Å². The quantitative estimate of drug-likeness (QED) is 0.523. The van der Waals surface area contributed by atoms with Crippen molar-refractivity contribution in [1.29, 1.82) is 0 Å². The molecule has 0 fully saturated rings. The number of halogens is 1. The molecule has 9 heteroatoms. The third-order valence-corrected chi connectivity index (χ3v) is 5.06. The lowest BCUT2D eigenvalue weighted by atomic mass is 10.2. The Labute approximate surface area is 165 Å². The maximum absolute atomic E-state index is 13.0. The lowest BCUT2D eigenvalue weighted by Gasteiger charge is -2.32. The molecule has 5 heterocycles. The maximum Gasteiger partial charge on any atom is 0.274 e. The molecular formula is C19H16ClN7O. The summed E-state index contributed by atoms with van der Waals surface area (Å²) in [7, 11) is 0. The second kappa shape index (κ2) is 6.42. The average Bonchev–Trinajstić information content (AvgIpc) is 3.32. The van der Waals surface area contributed by atoms with Gasteiger partial charge in [-0.2, -0.15) is 0 Å². The van der Waals surface area contributed by atoms with Crippen LogP contribution in [-0.2, 0) is 6.54 Å². The van der Waals surface area contributed by atoms with Crippen LogP contribution < -0.4 is 0 Å². The van der Waals surface area contributed by atoms with Gasteiger partial charge in [0, 0.05) is 25.1 Å². The van der Waals surface area contributed by atoms with Crippen LogP contribution in [-0.4, -0.2) is 46.5 Å². The Morgan fingerprint density at radius 3 is 2.89 bits per heavy atom. The van der Waals surface area contributed by atoms with Gasteiger partial charge in [-0.05, 0) is 31.2 Å². The van der Waals surface area contributed by atoms with E-state index in [-0.39, 0.29) is 11.9 Å². The molecule has 0 bridgehead atoms. The Bertz CT molecular complexity index is 1180. The van der Waals surface area contributed by atoms with Crippen molar-refractivity contribution in [2.75, 3.05) is 6.54 Å². The van der Waals surface area contributed by atoms with Crippen LogP contribution in [0.15, 0.2) is 48.9 Å². The van der Waals surface area contributed by atoms with Crippen molar-refractivity contribution in [3.05, 3.63) is 65.5 Å². The molecule has 8 nitrogen and oxygen atoms in total. The highest BCUT2D eigenvalue weighted by Crippen LogP contribution is 2.27. The second-order valence-electron chi connectivity index (χ2n) is 6.80. The van der Waals surface area contributed by atoms with Crippen LogP contribution in [0.3, 0.4) is 0 Å². The van der Waals surface area contributed by atoms with Crippen LogP contribution in [0.2, 0.25) is 5.02 Å². The summed E-state index contributed by atoms with van der Waals surface area (Å²) in [6, 6.07) is 9.25. The molecule has 0 aromatic carbocycles. The summed E-state index contributed by atoms with van der Waals surface area (Å²) in [6.07, 6.45) is 5.16. The molecule has 0 radical (unpaired) electrons. The van der Waals surface area contributed by atoms with E-state index in [9.17, 15) is 4.79 Å². The Hall–Kier alpha value is -3.26. The van der Waals surface area contributed by atoms with Crippen LogP contribution >= 0.6 is 11.6 Å². The number of rotatable bonds is 2. The highest BCUT2D eigenvalue weighted by Gasteiger charge is 2.31. The fraction of sp³-hybridized carbons (Fsp3) is 0.211.